The molecule has 2 aromatic rings. The predicted molar refractivity (Wildman–Crippen MR) is 120 cm³/mol. The van der Waals surface area contributed by atoms with Crippen LogP contribution in [0.2, 0.25) is 0 Å². The number of hydrogen-bond donors (Lipinski definition) is 1. The summed E-state index contributed by atoms with van der Waals surface area (Å²) in [7, 11) is 0. The first-order valence-corrected chi connectivity index (χ1v) is 11.1. The second-order valence-electron chi connectivity index (χ2n) is 7.30. The lowest BCUT2D eigenvalue weighted by Crippen LogP contribution is -2.39. The Morgan fingerprint density at radius 1 is 0.966 bits per heavy atom. The number of amides is 2. The van der Waals surface area contributed by atoms with Crippen LogP contribution in [0.25, 0.3) is 5.70 Å². The first-order valence-electron chi connectivity index (χ1n) is 10.0. The van der Waals surface area contributed by atoms with Gasteiger partial charge < -0.3 is 15.1 Å². The van der Waals surface area contributed by atoms with E-state index in [2.05, 4.69) is 22.3 Å². The van der Waals surface area contributed by atoms with Crippen molar-refractivity contribution in [3.8, 4) is 0 Å². The molecule has 150 valence electrons. The summed E-state index contributed by atoms with van der Waals surface area (Å²) in [5.74, 6) is 0.110. The number of carbonyl (C=O) groups excluding carboxylic acids is 2. The van der Waals surface area contributed by atoms with Crippen molar-refractivity contribution in [3.05, 3.63) is 65.6 Å². The third kappa shape index (κ3) is 4.82. The summed E-state index contributed by atoms with van der Waals surface area (Å²) in [5, 5.41) is 4.88. The second-order valence-corrected chi connectivity index (χ2v) is 8.16. The first-order chi connectivity index (χ1) is 14.2. The van der Waals surface area contributed by atoms with Crippen LogP contribution in [0.15, 0.2) is 60.0 Å². The number of rotatable bonds is 5. The van der Waals surface area contributed by atoms with Crippen molar-refractivity contribution in [2.75, 3.05) is 35.6 Å². The zero-order chi connectivity index (χ0) is 20.1. The maximum absolute atomic E-state index is 12.6. The number of hydrogen-bond acceptors (Lipinski definition) is 4. The Labute approximate surface area is 175 Å². The van der Waals surface area contributed by atoms with Gasteiger partial charge in [0.25, 0.3) is 0 Å². The highest BCUT2D eigenvalue weighted by Crippen LogP contribution is 2.28. The molecule has 1 fully saturated rings. The van der Waals surface area contributed by atoms with E-state index in [-0.39, 0.29) is 18.4 Å². The third-order valence-corrected chi connectivity index (χ3v) is 6.04. The molecule has 2 aliphatic rings. The van der Waals surface area contributed by atoms with E-state index in [1.54, 1.807) is 4.90 Å². The van der Waals surface area contributed by atoms with Crippen molar-refractivity contribution in [1.82, 2.24) is 4.90 Å². The molecule has 0 saturated carbocycles. The minimum atomic E-state index is -0.196. The summed E-state index contributed by atoms with van der Waals surface area (Å²) < 4.78 is 0. The molecular weight excluding hydrogens is 382 g/mol. The Morgan fingerprint density at radius 2 is 1.69 bits per heavy atom. The Bertz CT molecular complexity index is 890. The topological polar surface area (TPSA) is 52.7 Å². The highest BCUT2D eigenvalue weighted by Gasteiger charge is 2.25. The summed E-state index contributed by atoms with van der Waals surface area (Å²) in [6.45, 7) is 2.19. The van der Waals surface area contributed by atoms with E-state index >= 15 is 0 Å². The van der Waals surface area contributed by atoms with Crippen LogP contribution in [0.3, 0.4) is 0 Å². The lowest BCUT2D eigenvalue weighted by molar-refractivity contribution is -0.129. The fourth-order valence-corrected chi connectivity index (χ4v) is 4.53. The van der Waals surface area contributed by atoms with Gasteiger partial charge in [0.05, 0.1) is 11.4 Å². The number of anilines is 2. The van der Waals surface area contributed by atoms with E-state index in [4.69, 9.17) is 0 Å². The van der Waals surface area contributed by atoms with E-state index in [1.165, 1.54) is 36.7 Å². The fourth-order valence-electron chi connectivity index (χ4n) is 3.73. The molecule has 0 spiro atoms. The van der Waals surface area contributed by atoms with Crippen LogP contribution in [-0.2, 0) is 9.59 Å². The quantitative estimate of drug-likeness (QED) is 0.808. The highest BCUT2D eigenvalue weighted by molar-refractivity contribution is 8.03. The Kier molecular flexibility index (Phi) is 6.20. The largest absolute Gasteiger partial charge is 0.372 e. The van der Waals surface area contributed by atoms with Gasteiger partial charge in [-0.25, -0.2) is 0 Å². The minimum Gasteiger partial charge on any atom is -0.372 e. The van der Waals surface area contributed by atoms with Crippen LogP contribution in [0.4, 0.5) is 11.4 Å². The van der Waals surface area contributed by atoms with Crippen molar-refractivity contribution in [2.24, 2.45) is 0 Å². The zero-order valence-electron chi connectivity index (χ0n) is 16.3. The number of thioether (sulfide) groups is 1. The Morgan fingerprint density at radius 3 is 2.41 bits per heavy atom. The van der Waals surface area contributed by atoms with Crippen molar-refractivity contribution in [3.63, 3.8) is 0 Å². The molecule has 6 heteroatoms. The average molecular weight is 408 g/mol. The van der Waals surface area contributed by atoms with Gasteiger partial charge in [-0.3, -0.25) is 9.59 Å². The molecule has 0 bridgehead atoms. The lowest BCUT2D eigenvalue weighted by Gasteiger charge is -2.29. The molecule has 4 rings (SSSR count). The number of benzene rings is 2. The first kappa shape index (κ1) is 19.6. The van der Waals surface area contributed by atoms with Gasteiger partial charge in [-0.1, -0.05) is 30.3 Å². The Balaban J connectivity index is 1.41. The highest BCUT2D eigenvalue weighted by atomic mass is 32.2. The molecular formula is C23H25N3O2S. The second kappa shape index (κ2) is 9.18. The minimum absolute atomic E-state index is 0.00793. The smallest absolute Gasteiger partial charge is 0.244 e. The monoisotopic (exact) mass is 407 g/mol. The maximum atomic E-state index is 12.6. The molecule has 0 atom stereocenters. The summed E-state index contributed by atoms with van der Waals surface area (Å²) in [5.41, 5.74) is 3.66. The summed E-state index contributed by atoms with van der Waals surface area (Å²) in [6.07, 6.45) is 3.77. The number of nitrogens with zero attached hydrogens (tertiary/aromatic N) is 2. The van der Waals surface area contributed by atoms with Gasteiger partial charge in [-0.05, 0) is 54.5 Å². The average Bonchev–Trinajstić information content (AvgIpc) is 2.77. The fraction of sp³-hybridized carbons (Fsp3) is 0.304. The molecule has 0 aliphatic carbocycles. The van der Waals surface area contributed by atoms with Crippen molar-refractivity contribution in [1.29, 1.82) is 0 Å². The standard InChI is InChI=1S/C23H25N3O2S/c27-22(24-19-9-11-20(12-10-19)25-13-5-2-6-14-25)15-26-21(16-29-17-23(26)28)18-7-3-1-4-8-18/h1,3-4,7-12,16H,2,5-6,13-15,17H2,(H,24,27). The van der Waals surface area contributed by atoms with Crippen LogP contribution in [0.1, 0.15) is 24.8 Å². The van der Waals surface area contributed by atoms with Crippen LogP contribution >= 0.6 is 11.8 Å². The van der Waals surface area contributed by atoms with Crippen LogP contribution in [0, 0.1) is 0 Å². The van der Waals surface area contributed by atoms with Gasteiger partial charge >= 0.3 is 0 Å². The molecule has 0 unspecified atom stereocenters. The third-order valence-electron chi connectivity index (χ3n) is 5.24. The lowest BCUT2D eigenvalue weighted by atomic mass is 10.1. The maximum Gasteiger partial charge on any atom is 0.244 e. The molecule has 0 radical (unpaired) electrons. The van der Waals surface area contributed by atoms with E-state index < -0.39 is 0 Å². The van der Waals surface area contributed by atoms with Gasteiger partial charge in [-0.2, -0.15) is 0 Å². The summed E-state index contributed by atoms with van der Waals surface area (Å²) in [6, 6.07) is 17.7. The number of nitrogens with one attached hydrogen (secondary N) is 1. The SMILES string of the molecule is O=C(CN1C(=O)CSC=C1c1ccccc1)Nc1ccc(N2CCCCC2)cc1. The summed E-state index contributed by atoms with van der Waals surface area (Å²) in [4.78, 5) is 29.1. The molecule has 0 aromatic heterocycles. The van der Waals surface area contributed by atoms with Crippen molar-refractivity contribution in [2.45, 2.75) is 19.3 Å². The van der Waals surface area contributed by atoms with Crippen LogP contribution in [0.5, 0.6) is 0 Å². The van der Waals surface area contributed by atoms with Gasteiger partial charge in [0.15, 0.2) is 0 Å². The molecule has 2 amide bonds. The molecule has 29 heavy (non-hydrogen) atoms. The molecule has 2 aromatic carbocycles. The van der Waals surface area contributed by atoms with Gasteiger partial charge in [0.1, 0.15) is 6.54 Å². The van der Waals surface area contributed by atoms with Gasteiger partial charge in [0.2, 0.25) is 11.8 Å². The molecule has 1 saturated heterocycles. The van der Waals surface area contributed by atoms with E-state index in [1.807, 2.05) is 47.9 Å². The predicted octanol–water partition coefficient (Wildman–Crippen LogP) is 4.19. The normalized spacial score (nSPS) is 17.1. The van der Waals surface area contributed by atoms with Crippen molar-refractivity contribution >= 4 is 40.6 Å². The van der Waals surface area contributed by atoms with Gasteiger partial charge in [-0.15, -0.1) is 11.8 Å². The number of carbonyl (C=O) groups is 2. The summed E-state index contributed by atoms with van der Waals surface area (Å²) >= 11 is 1.47. The van der Waals surface area contributed by atoms with Crippen molar-refractivity contribution < 1.29 is 9.59 Å². The Hall–Kier alpha value is -2.73. The number of piperidine rings is 1. The van der Waals surface area contributed by atoms with E-state index in [0.29, 0.717) is 5.75 Å². The molecule has 5 nitrogen and oxygen atoms in total. The van der Waals surface area contributed by atoms with E-state index in [9.17, 15) is 9.59 Å². The molecule has 2 aliphatic heterocycles. The van der Waals surface area contributed by atoms with Gasteiger partial charge in [0, 0.05) is 24.5 Å². The zero-order valence-corrected chi connectivity index (χ0v) is 17.2. The van der Waals surface area contributed by atoms with Crippen LogP contribution in [-0.4, -0.2) is 42.1 Å². The molecule has 2 heterocycles. The van der Waals surface area contributed by atoms with E-state index in [0.717, 1.165) is 30.0 Å². The van der Waals surface area contributed by atoms with Crippen LogP contribution < -0.4 is 10.2 Å². The molecule has 1 N–H and O–H groups in total.